The molecule has 1 fully saturated rings. The lowest BCUT2D eigenvalue weighted by Crippen LogP contribution is -2.44. The number of piperidine rings is 1. The van der Waals surface area contributed by atoms with Crippen molar-refractivity contribution in [2.75, 3.05) is 30.8 Å². The van der Waals surface area contributed by atoms with Gasteiger partial charge in [0.15, 0.2) is 5.75 Å². The number of rotatable bonds is 8. The van der Waals surface area contributed by atoms with E-state index in [1.165, 1.54) is 0 Å². The van der Waals surface area contributed by atoms with E-state index < -0.39 is 10.0 Å². The summed E-state index contributed by atoms with van der Waals surface area (Å²) in [7, 11) is -1.47. The van der Waals surface area contributed by atoms with E-state index in [1.54, 1.807) is 16.3 Å². The molecule has 0 radical (unpaired) electrons. The molecule has 1 aliphatic rings. The molecule has 1 heterocycles. The molecule has 0 atom stereocenters. The van der Waals surface area contributed by atoms with Gasteiger partial charge in [-0.1, -0.05) is 43.7 Å². The Hall–Kier alpha value is -2.38. The minimum atomic E-state index is -3.22. The number of carbonyl (C=O) groups excluding carboxylic acids is 1. The van der Waals surface area contributed by atoms with Crippen LogP contribution in [-0.2, 0) is 14.8 Å². The van der Waals surface area contributed by atoms with Crippen molar-refractivity contribution in [3.8, 4) is 11.5 Å². The third-order valence-corrected chi connectivity index (χ3v) is 7.44. The quantitative estimate of drug-likeness (QED) is 0.627. The van der Waals surface area contributed by atoms with Crippen LogP contribution >= 0.6 is 0 Å². The van der Waals surface area contributed by atoms with Crippen molar-refractivity contribution in [3.05, 3.63) is 54.6 Å². The van der Waals surface area contributed by atoms with Crippen molar-refractivity contribution >= 4 is 21.6 Å². The first-order valence-corrected chi connectivity index (χ1v) is 12.1. The smallest absolute Gasteiger partial charge is 0.230 e. The molecule has 1 saturated heterocycles. The highest BCUT2D eigenvalue weighted by Gasteiger charge is 2.32. The summed E-state index contributed by atoms with van der Waals surface area (Å²) in [6.07, 6.45) is 2.60. The molecule has 6 nitrogen and oxygen atoms in total. The molecule has 162 valence electrons. The third kappa shape index (κ3) is 5.40. The maximum Gasteiger partial charge on any atom is 0.230 e. The summed E-state index contributed by atoms with van der Waals surface area (Å²) in [5.41, 5.74) is 0.698. The van der Waals surface area contributed by atoms with E-state index in [2.05, 4.69) is 0 Å². The molecule has 0 aliphatic carbocycles. The Balaban J connectivity index is 1.66. The summed E-state index contributed by atoms with van der Waals surface area (Å²) in [5, 5.41) is 0. The maximum absolute atomic E-state index is 13.1. The second-order valence-corrected chi connectivity index (χ2v) is 9.71. The number of amides is 1. The van der Waals surface area contributed by atoms with Gasteiger partial charge >= 0.3 is 0 Å². The second-order valence-electron chi connectivity index (χ2n) is 7.62. The number of sulfonamides is 1. The molecule has 0 saturated carbocycles. The van der Waals surface area contributed by atoms with Gasteiger partial charge in [-0.2, -0.15) is 0 Å². The SMILES string of the molecule is CCCCS(=O)(=O)N1CCC(C(=O)N(C)c2ccccc2Oc2ccccc2)CC1. The molecular weight excluding hydrogens is 400 g/mol. The number of hydrogen-bond acceptors (Lipinski definition) is 4. The summed E-state index contributed by atoms with van der Waals surface area (Å²) in [6, 6.07) is 16.9. The number of anilines is 1. The van der Waals surface area contributed by atoms with Crippen LogP contribution in [0.4, 0.5) is 5.69 Å². The van der Waals surface area contributed by atoms with Gasteiger partial charge in [0, 0.05) is 26.1 Å². The van der Waals surface area contributed by atoms with Gasteiger partial charge in [0.05, 0.1) is 11.4 Å². The molecule has 0 bridgehead atoms. The van der Waals surface area contributed by atoms with Crippen molar-refractivity contribution in [1.82, 2.24) is 4.31 Å². The first-order valence-electron chi connectivity index (χ1n) is 10.5. The zero-order chi connectivity index (χ0) is 21.6. The molecule has 1 aliphatic heterocycles. The van der Waals surface area contributed by atoms with Crippen LogP contribution in [0.1, 0.15) is 32.6 Å². The molecule has 2 aromatic rings. The monoisotopic (exact) mass is 430 g/mol. The van der Waals surface area contributed by atoms with Crippen LogP contribution < -0.4 is 9.64 Å². The maximum atomic E-state index is 13.1. The molecule has 0 unspecified atom stereocenters. The lowest BCUT2D eigenvalue weighted by atomic mass is 9.96. The van der Waals surface area contributed by atoms with Crippen molar-refractivity contribution in [2.24, 2.45) is 5.92 Å². The minimum Gasteiger partial charge on any atom is -0.455 e. The number of ether oxygens (including phenoxy) is 1. The van der Waals surface area contributed by atoms with E-state index in [1.807, 2.05) is 61.5 Å². The number of carbonyl (C=O) groups is 1. The highest BCUT2D eigenvalue weighted by atomic mass is 32.2. The van der Waals surface area contributed by atoms with Crippen molar-refractivity contribution in [1.29, 1.82) is 0 Å². The first kappa shape index (κ1) is 22.3. The molecule has 0 aromatic heterocycles. The van der Waals surface area contributed by atoms with Crippen LogP contribution in [0.15, 0.2) is 54.6 Å². The molecule has 0 N–H and O–H groups in total. The van der Waals surface area contributed by atoms with E-state index in [-0.39, 0.29) is 17.6 Å². The Bertz CT molecular complexity index is 939. The van der Waals surface area contributed by atoms with E-state index in [0.29, 0.717) is 49.5 Å². The Morgan fingerprint density at radius 2 is 1.70 bits per heavy atom. The summed E-state index contributed by atoms with van der Waals surface area (Å²) >= 11 is 0. The second kappa shape index (κ2) is 10.1. The van der Waals surface area contributed by atoms with Gasteiger partial charge in [0.1, 0.15) is 5.75 Å². The molecule has 0 spiro atoms. The summed E-state index contributed by atoms with van der Waals surface area (Å²) in [4.78, 5) is 14.8. The van der Waals surface area contributed by atoms with Gasteiger partial charge in [-0.3, -0.25) is 4.79 Å². The minimum absolute atomic E-state index is 0.00952. The van der Waals surface area contributed by atoms with Crippen LogP contribution in [0.5, 0.6) is 11.5 Å². The summed E-state index contributed by atoms with van der Waals surface area (Å²) in [5.74, 6) is 1.30. The topological polar surface area (TPSA) is 66.9 Å². The normalized spacial score (nSPS) is 15.7. The Labute approximate surface area is 179 Å². The average Bonchev–Trinajstić information content (AvgIpc) is 2.78. The summed E-state index contributed by atoms with van der Waals surface area (Å²) in [6.45, 7) is 2.78. The van der Waals surface area contributed by atoms with Gasteiger partial charge in [-0.05, 0) is 43.5 Å². The lowest BCUT2D eigenvalue weighted by molar-refractivity contribution is -0.123. The Morgan fingerprint density at radius 1 is 1.07 bits per heavy atom. The van der Waals surface area contributed by atoms with Crippen molar-refractivity contribution < 1.29 is 17.9 Å². The van der Waals surface area contributed by atoms with Gasteiger partial charge < -0.3 is 9.64 Å². The summed E-state index contributed by atoms with van der Waals surface area (Å²) < 4.78 is 32.3. The largest absolute Gasteiger partial charge is 0.455 e. The van der Waals surface area contributed by atoms with Crippen LogP contribution in [-0.4, -0.2) is 44.5 Å². The highest BCUT2D eigenvalue weighted by molar-refractivity contribution is 7.89. The van der Waals surface area contributed by atoms with Gasteiger partial charge in [-0.25, -0.2) is 12.7 Å². The molecule has 1 amide bonds. The van der Waals surface area contributed by atoms with Gasteiger partial charge in [0.25, 0.3) is 0 Å². The first-order chi connectivity index (χ1) is 14.4. The molecule has 30 heavy (non-hydrogen) atoms. The van der Waals surface area contributed by atoms with Gasteiger partial charge in [0.2, 0.25) is 15.9 Å². The van der Waals surface area contributed by atoms with E-state index in [4.69, 9.17) is 4.74 Å². The van der Waals surface area contributed by atoms with Crippen molar-refractivity contribution in [3.63, 3.8) is 0 Å². The van der Waals surface area contributed by atoms with Crippen LogP contribution in [0.3, 0.4) is 0 Å². The van der Waals surface area contributed by atoms with Crippen LogP contribution in [0.25, 0.3) is 0 Å². The highest BCUT2D eigenvalue weighted by Crippen LogP contribution is 2.33. The number of benzene rings is 2. The van der Waals surface area contributed by atoms with E-state index in [9.17, 15) is 13.2 Å². The average molecular weight is 431 g/mol. The predicted octanol–water partition coefficient (Wildman–Crippen LogP) is 4.28. The van der Waals surface area contributed by atoms with E-state index in [0.717, 1.165) is 6.42 Å². The fourth-order valence-electron chi connectivity index (χ4n) is 3.67. The number of para-hydroxylation sites is 3. The number of hydrogen-bond donors (Lipinski definition) is 0. The Kier molecular flexibility index (Phi) is 7.50. The predicted molar refractivity (Wildman–Crippen MR) is 119 cm³/mol. The fraction of sp³-hybridized carbons (Fsp3) is 0.435. The van der Waals surface area contributed by atoms with Crippen molar-refractivity contribution in [2.45, 2.75) is 32.6 Å². The lowest BCUT2D eigenvalue weighted by Gasteiger charge is -2.32. The molecule has 3 rings (SSSR count). The zero-order valence-corrected chi connectivity index (χ0v) is 18.5. The molecule has 2 aromatic carbocycles. The zero-order valence-electron chi connectivity index (χ0n) is 17.7. The van der Waals surface area contributed by atoms with Gasteiger partial charge in [-0.15, -0.1) is 0 Å². The van der Waals surface area contributed by atoms with Crippen LogP contribution in [0.2, 0.25) is 0 Å². The standard InChI is InChI=1S/C23H30N2O4S/c1-3-4-18-30(27,28)25-16-14-19(15-17-25)23(26)24(2)21-12-8-9-13-22(21)29-20-10-6-5-7-11-20/h5-13,19H,3-4,14-18H2,1-2H3. The molecule has 7 heteroatoms. The number of nitrogens with zero attached hydrogens (tertiary/aromatic N) is 2. The molecular formula is C23H30N2O4S. The van der Waals surface area contributed by atoms with E-state index >= 15 is 0 Å². The Morgan fingerprint density at radius 3 is 2.37 bits per heavy atom. The fourth-order valence-corrected chi connectivity index (χ4v) is 5.34. The number of unbranched alkanes of at least 4 members (excludes halogenated alkanes) is 1. The third-order valence-electron chi connectivity index (χ3n) is 5.48. The van der Waals surface area contributed by atoms with Crippen LogP contribution in [0, 0.1) is 5.92 Å².